The molecule has 0 aromatic carbocycles. The van der Waals surface area contributed by atoms with Crippen molar-refractivity contribution in [3.8, 4) is 0 Å². The Bertz CT molecular complexity index is 1030. The van der Waals surface area contributed by atoms with Crippen LogP contribution in [0.5, 0.6) is 0 Å². The molecule has 0 aliphatic heterocycles. The van der Waals surface area contributed by atoms with Gasteiger partial charge in [-0.3, -0.25) is 28.8 Å². The molecule has 0 radical (unpaired) electrons. The lowest BCUT2D eigenvalue weighted by Gasteiger charge is -2.33. The van der Waals surface area contributed by atoms with Crippen molar-refractivity contribution < 1.29 is 68.9 Å². The van der Waals surface area contributed by atoms with Crippen molar-refractivity contribution in [2.45, 2.75) is 154 Å². The van der Waals surface area contributed by atoms with Gasteiger partial charge in [-0.1, -0.05) is 65.7 Å². The van der Waals surface area contributed by atoms with Gasteiger partial charge in [0.15, 0.2) is 0 Å². The Morgan fingerprint density at radius 1 is 0.633 bits per heavy atom. The van der Waals surface area contributed by atoms with Gasteiger partial charge >= 0.3 is 35.8 Å². The van der Waals surface area contributed by atoms with Crippen molar-refractivity contribution in [1.82, 2.24) is 0 Å². The van der Waals surface area contributed by atoms with Crippen LogP contribution in [0, 0.1) is 23.7 Å². The number of aliphatic hydroxyl groups excluding tert-OH is 2. The number of carbonyl (C=O) groups excluding carboxylic acids is 2. The molecule has 0 rings (SSSR count). The smallest absolute Gasteiger partial charge is 0.307 e. The quantitative estimate of drug-likeness (QED) is 0.0433. The number of rotatable bonds is 29. The average molecular weight is 706 g/mol. The first-order chi connectivity index (χ1) is 22.9. The Kier molecular flexibility index (Phi) is 23.1. The molecular formula is C34H59NO14. The largest absolute Gasteiger partial charge is 0.481 e. The van der Waals surface area contributed by atoms with Gasteiger partial charge in [-0.05, 0) is 38.0 Å². The third-order valence-electron chi connectivity index (χ3n) is 8.60. The fourth-order valence-electron chi connectivity index (χ4n) is 5.58. The maximum atomic E-state index is 13.0. The molecule has 0 aromatic heterocycles. The molecular weight excluding hydrogens is 646 g/mol. The summed E-state index contributed by atoms with van der Waals surface area (Å²) in [4.78, 5) is 71.6. The van der Waals surface area contributed by atoms with Gasteiger partial charge < -0.3 is 45.8 Å². The second-order valence-corrected chi connectivity index (χ2v) is 13.4. The van der Waals surface area contributed by atoms with Crippen LogP contribution in [0.25, 0.3) is 0 Å². The van der Waals surface area contributed by atoms with Crippen LogP contribution in [0.2, 0.25) is 0 Å². The molecule has 284 valence electrons. The van der Waals surface area contributed by atoms with Crippen LogP contribution >= 0.6 is 0 Å². The zero-order valence-corrected chi connectivity index (χ0v) is 29.3. The molecule has 15 heteroatoms. The van der Waals surface area contributed by atoms with Crippen LogP contribution in [0.1, 0.15) is 124 Å². The van der Waals surface area contributed by atoms with E-state index in [0.29, 0.717) is 19.3 Å². The van der Waals surface area contributed by atoms with E-state index in [1.807, 2.05) is 13.8 Å². The van der Waals surface area contributed by atoms with E-state index < -0.39 is 110 Å². The first-order valence-electron chi connectivity index (χ1n) is 17.3. The Balaban J connectivity index is 5.84. The first-order valence-corrected chi connectivity index (χ1v) is 17.3. The lowest BCUT2D eigenvalue weighted by molar-refractivity contribution is -0.177. The van der Waals surface area contributed by atoms with Gasteiger partial charge in [-0.15, -0.1) is 0 Å². The molecule has 0 spiro atoms. The highest BCUT2D eigenvalue weighted by Gasteiger charge is 2.37. The minimum absolute atomic E-state index is 0.0859. The van der Waals surface area contributed by atoms with Crippen LogP contribution in [0.4, 0.5) is 0 Å². The second kappa shape index (κ2) is 24.8. The maximum Gasteiger partial charge on any atom is 0.307 e. The predicted molar refractivity (Wildman–Crippen MR) is 176 cm³/mol. The molecule has 0 aliphatic carbocycles. The van der Waals surface area contributed by atoms with Crippen molar-refractivity contribution in [2.24, 2.45) is 29.4 Å². The molecule has 15 nitrogen and oxygen atoms in total. The van der Waals surface area contributed by atoms with E-state index in [1.165, 1.54) is 0 Å². The molecule has 0 aliphatic rings. The van der Waals surface area contributed by atoms with E-state index in [1.54, 1.807) is 13.8 Å². The fourth-order valence-corrected chi connectivity index (χ4v) is 5.58. The van der Waals surface area contributed by atoms with Gasteiger partial charge in [0.05, 0.1) is 49.7 Å². The summed E-state index contributed by atoms with van der Waals surface area (Å²) in [5.41, 5.74) is 5.64. The van der Waals surface area contributed by atoms with Crippen molar-refractivity contribution >= 4 is 35.8 Å². The summed E-state index contributed by atoms with van der Waals surface area (Å²) in [7, 11) is 0. The summed E-state index contributed by atoms with van der Waals surface area (Å²) in [6, 6.07) is -0.432. The average Bonchev–Trinajstić information content (AvgIpc) is 2.98. The number of unbranched alkanes of at least 4 members (excludes halogenated alkanes) is 4. The van der Waals surface area contributed by atoms with E-state index in [-0.39, 0.29) is 18.8 Å². The Morgan fingerprint density at radius 3 is 1.57 bits per heavy atom. The van der Waals surface area contributed by atoms with Gasteiger partial charge in [0.25, 0.3) is 0 Å². The zero-order valence-electron chi connectivity index (χ0n) is 29.3. The molecule has 0 saturated heterocycles. The second-order valence-electron chi connectivity index (χ2n) is 13.4. The van der Waals surface area contributed by atoms with Crippen LogP contribution in [-0.4, -0.2) is 96.9 Å². The number of aliphatic hydroxyl groups is 2. The van der Waals surface area contributed by atoms with Gasteiger partial charge in [-0.25, -0.2) is 0 Å². The molecule has 0 aromatic rings. The minimum Gasteiger partial charge on any atom is -0.481 e. The minimum atomic E-state index is -1.55. The molecule has 0 fully saturated rings. The van der Waals surface area contributed by atoms with Crippen LogP contribution < -0.4 is 5.73 Å². The fraction of sp³-hybridized carbons (Fsp3) is 0.824. The van der Waals surface area contributed by atoms with Crippen molar-refractivity contribution in [3.63, 3.8) is 0 Å². The van der Waals surface area contributed by atoms with E-state index in [9.17, 15) is 49.2 Å². The number of esters is 2. The third-order valence-corrected chi connectivity index (χ3v) is 8.60. The van der Waals surface area contributed by atoms with Crippen LogP contribution in [0.3, 0.4) is 0 Å². The summed E-state index contributed by atoms with van der Waals surface area (Å²) in [6.45, 7) is 7.31. The molecule has 8 N–H and O–H groups in total. The summed E-state index contributed by atoms with van der Waals surface area (Å²) >= 11 is 0. The van der Waals surface area contributed by atoms with Crippen molar-refractivity contribution in [2.75, 3.05) is 0 Å². The normalized spacial score (nSPS) is 17.0. The first kappa shape index (κ1) is 45.7. The highest BCUT2D eigenvalue weighted by molar-refractivity contribution is 5.83. The van der Waals surface area contributed by atoms with Crippen LogP contribution in [-0.2, 0) is 38.2 Å². The highest BCUT2D eigenvalue weighted by atomic mass is 16.6. The lowest BCUT2D eigenvalue weighted by atomic mass is 9.87. The molecule has 1 unspecified atom stereocenters. The number of carboxylic acids is 4. The number of nitrogens with two attached hydrogens (primary N) is 1. The summed E-state index contributed by atoms with van der Waals surface area (Å²) in [5.74, 6) is -11.3. The van der Waals surface area contributed by atoms with Gasteiger partial charge in [0.2, 0.25) is 0 Å². The predicted octanol–water partition coefficient (Wildman–Crippen LogP) is 3.59. The number of carboxylic acid groups (broad SMARTS) is 4. The van der Waals surface area contributed by atoms with Gasteiger partial charge in [0, 0.05) is 12.5 Å². The Labute approximate surface area is 288 Å². The monoisotopic (exact) mass is 705 g/mol. The van der Waals surface area contributed by atoms with E-state index in [0.717, 1.165) is 38.5 Å². The molecule has 49 heavy (non-hydrogen) atoms. The summed E-state index contributed by atoms with van der Waals surface area (Å²) in [5, 5.41) is 57.0. The molecule has 0 saturated carbocycles. The summed E-state index contributed by atoms with van der Waals surface area (Å²) in [6.07, 6.45) is 0.203. The highest BCUT2D eigenvalue weighted by Crippen LogP contribution is 2.29. The van der Waals surface area contributed by atoms with E-state index in [4.69, 9.17) is 25.4 Å². The topological polar surface area (TPSA) is 268 Å². The number of hydrogen-bond acceptors (Lipinski definition) is 11. The van der Waals surface area contributed by atoms with Gasteiger partial charge in [0.1, 0.15) is 12.2 Å². The molecule has 9 atom stereocenters. The van der Waals surface area contributed by atoms with Gasteiger partial charge in [-0.2, -0.15) is 0 Å². The lowest BCUT2D eigenvalue weighted by Crippen LogP contribution is -2.42. The van der Waals surface area contributed by atoms with Crippen molar-refractivity contribution in [1.29, 1.82) is 0 Å². The number of carbonyl (C=O) groups is 6. The van der Waals surface area contributed by atoms with E-state index in [2.05, 4.69) is 0 Å². The Morgan fingerprint density at radius 2 is 1.12 bits per heavy atom. The van der Waals surface area contributed by atoms with E-state index >= 15 is 0 Å². The summed E-state index contributed by atoms with van der Waals surface area (Å²) < 4.78 is 11.5. The number of hydrogen-bond donors (Lipinski definition) is 7. The Hall–Kier alpha value is -3.30. The third kappa shape index (κ3) is 21.4. The maximum absolute atomic E-state index is 13.0. The standard InChI is InChI=1S/C34H59NO14/c1-5-6-12-21(3)32(49-31(43)18-24(34(46)47)16-29(40)41)27(48-30(42)17-23(33(44)45)15-28(38)39)14-20(2)11-9-7-8-10-13-25(36)19-26(37)22(4)35/h20-27,32,36-37H,5-19,35H2,1-4H3,(H,38,39)(H,40,41)(H,44,45)(H,46,47)/t20-,21+,22-,23+,24+,25+,26-,27?,32+/m0/s1. The van der Waals surface area contributed by atoms with Crippen molar-refractivity contribution in [3.05, 3.63) is 0 Å². The molecule has 0 heterocycles. The molecule has 0 bridgehead atoms. The number of aliphatic carboxylic acids is 4. The SMILES string of the molecule is CCCC[C@@H](C)[C@@H](OC(=O)C[C@@H](CC(=O)O)C(=O)O)C(C[C@@H](C)CCCCCC[C@@H](O)C[C@H](O)[C@H](C)N)OC(=O)C[C@@H](CC(=O)O)C(=O)O. The van der Waals surface area contributed by atoms with Crippen LogP contribution in [0.15, 0.2) is 0 Å². The molecule has 0 amide bonds. The zero-order chi connectivity index (χ0) is 37.7. The number of ether oxygens (including phenoxy) is 2.